The van der Waals surface area contributed by atoms with Crippen molar-refractivity contribution >= 4 is 26.0 Å². The van der Waals surface area contributed by atoms with Crippen molar-refractivity contribution in [3.05, 3.63) is 0 Å². The second-order valence-corrected chi connectivity index (χ2v) is 5.02. The standard InChI is InChI=1S/C6H13BrO3S/c1-6(2-4-7)3-5-11(8,9)10/h6H,2-5H2,1H3,(H,8,9,10). The van der Waals surface area contributed by atoms with Crippen LogP contribution in [0.5, 0.6) is 0 Å². The number of rotatable bonds is 5. The molecule has 1 unspecified atom stereocenters. The van der Waals surface area contributed by atoms with E-state index < -0.39 is 10.1 Å². The molecule has 0 bridgehead atoms. The monoisotopic (exact) mass is 244 g/mol. The zero-order valence-corrected chi connectivity index (χ0v) is 8.86. The van der Waals surface area contributed by atoms with E-state index in [1.54, 1.807) is 0 Å². The Kier molecular flexibility index (Phi) is 5.29. The average molecular weight is 245 g/mol. The first-order chi connectivity index (χ1) is 4.95. The Hall–Kier alpha value is 0.390. The SMILES string of the molecule is CC(CCBr)CCS(=O)(=O)O. The lowest BCUT2D eigenvalue weighted by atomic mass is 10.1. The highest BCUT2D eigenvalue weighted by Gasteiger charge is 2.08. The van der Waals surface area contributed by atoms with E-state index in [4.69, 9.17) is 4.55 Å². The first-order valence-electron chi connectivity index (χ1n) is 3.47. The largest absolute Gasteiger partial charge is 0.286 e. The van der Waals surface area contributed by atoms with Crippen LogP contribution in [0.15, 0.2) is 0 Å². The third-order valence-electron chi connectivity index (χ3n) is 1.47. The van der Waals surface area contributed by atoms with Crippen LogP contribution < -0.4 is 0 Å². The van der Waals surface area contributed by atoms with Crippen LogP contribution in [0, 0.1) is 5.92 Å². The third-order valence-corrected chi connectivity index (χ3v) is 2.68. The van der Waals surface area contributed by atoms with Gasteiger partial charge in [-0.25, -0.2) is 0 Å². The van der Waals surface area contributed by atoms with Gasteiger partial charge < -0.3 is 0 Å². The second-order valence-electron chi connectivity index (χ2n) is 2.66. The predicted octanol–water partition coefficient (Wildman–Crippen LogP) is 1.69. The fourth-order valence-electron chi connectivity index (χ4n) is 0.681. The summed E-state index contributed by atoms with van der Waals surface area (Å²) in [6.45, 7) is 1.96. The Balaban J connectivity index is 3.54. The molecule has 0 aliphatic heterocycles. The van der Waals surface area contributed by atoms with Gasteiger partial charge in [0.25, 0.3) is 10.1 Å². The Morgan fingerprint density at radius 3 is 2.36 bits per heavy atom. The third kappa shape index (κ3) is 8.29. The van der Waals surface area contributed by atoms with Crippen LogP contribution in [-0.2, 0) is 10.1 Å². The van der Waals surface area contributed by atoms with Gasteiger partial charge in [0.2, 0.25) is 0 Å². The van der Waals surface area contributed by atoms with Gasteiger partial charge in [0.15, 0.2) is 0 Å². The molecule has 0 aromatic heterocycles. The summed E-state index contributed by atoms with van der Waals surface area (Å²) in [6.07, 6.45) is 1.47. The molecule has 0 aromatic rings. The van der Waals surface area contributed by atoms with E-state index in [-0.39, 0.29) is 5.75 Å². The molecule has 0 heterocycles. The molecule has 68 valence electrons. The van der Waals surface area contributed by atoms with Gasteiger partial charge >= 0.3 is 0 Å². The van der Waals surface area contributed by atoms with Crippen molar-refractivity contribution in [2.24, 2.45) is 5.92 Å². The van der Waals surface area contributed by atoms with E-state index in [1.165, 1.54) is 0 Å². The van der Waals surface area contributed by atoms with Crippen LogP contribution in [0.2, 0.25) is 0 Å². The lowest BCUT2D eigenvalue weighted by Crippen LogP contribution is -2.08. The fraction of sp³-hybridized carbons (Fsp3) is 1.00. The van der Waals surface area contributed by atoms with Crippen LogP contribution >= 0.6 is 15.9 Å². The molecule has 1 atom stereocenters. The lowest BCUT2D eigenvalue weighted by molar-refractivity contribution is 0.467. The van der Waals surface area contributed by atoms with Crippen molar-refractivity contribution in [2.75, 3.05) is 11.1 Å². The summed E-state index contributed by atoms with van der Waals surface area (Å²) < 4.78 is 29.0. The predicted molar refractivity (Wildman–Crippen MR) is 48.6 cm³/mol. The maximum atomic E-state index is 10.3. The molecule has 11 heavy (non-hydrogen) atoms. The van der Waals surface area contributed by atoms with E-state index in [2.05, 4.69) is 15.9 Å². The summed E-state index contributed by atoms with van der Waals surface area (Å²) >= 11 is 3.26. The molecule has 0 fully saturated rings. The van der Waals surface area contributed by atoms with E-state index in [0.717, 1.165) is 11.8 Å². The van der Waals surface area contributed by atoms with Gasteiger partial charge in [-0.05, 0) is 18.8 Å². The summed E-state index contributed by atoms with van der Waals surface area (Å²) in [5.74, 6) is 0.220. The molecule has 3 nitrogen and oxygen atoms in total. The minimum atomic E-state index is -3.75. The van der Waals surface area contributed by atoms with Gasteiger partial charge in [-0.15, -0.1) is 0 Å². The molecule has 0 amide bonds. The van der Waals surface area contributed by atoms with E-state index >= 15 is 0 Å². The molecule has 0 saturated heterocycles. The fourth-order valence-corrected chi connectivity index (χ4v) is 2.16. The van der Waals surface area contributed by atoms with Crippen LogP contribution in [0.4, 0.5) is 0 Å². The topological polar surface area (TPSA) is 54.4 Å². The van der Waals surface area contributed by atoms with Crippen molar-refractivity contribution in [1.82, 2.24) is 0 Å². The molecular formula is C6H13BrO3S. The molecule has 0 saturated carbocycles. The van der Waals surface area contributed by atoms with E-state index in [0.29, 0.717) is 12.3 Å². The highest BCUT2D eigenvalue weighted by molar-refractivity contribution is 9.09. The van der Waals surface area contributed by atoms with Gasteiger partial charge in [-0.2, -0.15) is 8.42 Å². The highest BCUT2D eigenvalue weighted by Crippen LogP contribution is 2.09. The summed E-state index contributed by atoms with van der Waals surface area (Å²) in [7, 11) is -3.75. The van der Waals surface area contributed by atoms with Gasteiger partial charge in [0.1, 0.15) is 0 Å². The molecule has 1 N–H and O–H groups in total. The van der Waals surface area contributed by atoms with Gasteiger partial charge in [0, 0.05) is 5.33 Å². The van der Waals surface area contributed by atoms with Crippen LogP contribution in [-0.4, -0.2) is 24.1 Å². The zero-order valence-electron chi connectivity index (χ0n) is 6.46. The van der Waals surface area contributed by atoms with Gasteiger partial charge in [-0.1, -0.05) is 22.9 Å². The van der Waals surface area contributed by atoms with E-state index in [9.17, 15) is 8.42 Å². The molecule has 0 spiro atoms. The maximum Gasteiger partial charge on any atom is 0.264 e. The van der Waals surface area contributed by atoms with Crippen LogP contribution in [0.25, 0.3) is 0 Å². The van der Waals surface area contributed by atoms with Crippen molar-refractivity contribution in [1.29, 1.82) is 0 Å². The van der Waals surface area contributed by atoms with Crippen molar-refractivity contribution in [3.63, 3.8) is 0 Å². The summed E-state index contributed by atoms with van der Waals surface area (Å²) in [4.78, 5) is 0. The quantitative estimate of drug-likeness (QED) is 0.592. The van der Waals surface area contributed by atoms with Crippen LogP contribution in [0.3, 0.4) is 0 Å². The Bertz CT molecular complexity index is 188. The molecular weight excluding hydrogens is 232 g/mol. The van der Waals surface area contributed by atoms with Crippen molar-refractivity contribution in [2.45, 2.75) is 19.8 Å². The molecule has 0 rings (SSSR count). The van der Waals surface area contributed by atoms with Crippen LogP contribution in [0.1, 0.15) is 19.8 Å². The maximum absolute atomic E-state index is 10.3. The molecule has 0 radical (unpaired) electrons. The number of halogens is 1. The summed E-state index contributed by atoms with van der Waals surface area (Å²) in [6, 6.07) is 0. The lowest BCUT2D eigenvalue weighted by Gasteiger charge is -2.06. The summed E-state index contributed by atoms with van der Waals surface area (Å²) in [5, 5.41) is 0.875. The normalized spacial score (nSPS) is 14.8. The molecule has 0 aliphatic rings. The number of alkyl halides is 1. The minimum absolute atomic E-state index is 0.124. The first-order valence-corrected chi connectivity index (χ1v) is 6.20. The molecule has 0 aliphatic carbocycles. The Morgan fingerprint density at radius 1 is 1.45 bits per heavy atom. The molecule has 5 heteroatoms. The molecule has 0 aromatic carbocycles. The second kappa shape index (κ2) is 5.11. The van der Waals surface area contributed by atoms with Gasteiger partial charge in [0.05, 0.1) is 5.75 Å². The highest BCUT2D eigenvalue weighted by atomic mass is 79.9. The number of hydrogen-bond acceptors (Lipinski definition) is 2. The summed E-state index contributed by atoms with van der Waals surface area (Å²) in [5.41, 5.74) is 0. The average Bonchev–Trinajstić information content (AvgIpc) is 1.83. The Labute approximate surface area is 76.1 Å². The zero-order chi connectivity index (χ0) is 8.91. The van der Waals surface area contributed by atoms with E-state index in [1.807, 2.05) is 6.92 Å². The Morgan fingerprint density at radius 2 is 2.00 bits per heavy atom. The van der Waals surface area contributed by atoms with Crippen molar-refractivity contribution < 1.29 is 13.0 Å². The minimum Gasteiger partial charge on any atom is -0.286 e. The smallest absolute Gasteiger partial charge is 0.264 e. The first kappa shape index (κ1) is 11.4. The number of hydrogen-bond donors (Lipinski definition) is 1. The van der Waals surface area contributed by atoms with Crippen molar-refractivity contribution in [3.8, 4) is 0 Å². The van der Waals surface area contributed by atoms with Gasteiger partial charge in [-0.3, -0.25) is 4.55 Å².